The molecule has 0 saturated carbocycles. The monoisotopic (exact) mass is 322 g/mol. The van der Waals surface area contributed by atoms with Crippen molar-refractivity contribution in [1.29, 1.82) is 0 Å². The molecule has 0 aliphatic rings. The number of aromatic amines is 1. The third-order valence-corrected chi connectivity index (χ3v) is 4.27. The zero-order valence-corrected chi connectivity index (χ0v) is 14.3. The number of hydrogen-bond acceptors (Lipinski definition) is 2. The van der Waals surface area contributed by atoms with Gasteiger partial charge in [-0.2, -0.15) is 0 Å². The molecule has 2 N–H and O–H groups in total. The van der Waals surface area contributed by atoms with Gasteiger partial charge in [-0.25, -0.2) is 0 Å². The van der Waals surface area contributed by atoms with Gasteiger partial charge in [-0.1, -0.05) is 23.8 Å². The lowest BCUT2D eigenvalue weighted by molar-refractivity contribution is 0.0949. The van der Waals surface area contributed by atoms with Crippen LogP contribution in [0, 0.1) is 13.8 Å². The molecule has 0 aliphatic heterocycles. The van der Waals surface area contributed by atoms with Gasteiger partial charge in [-0.3, -0.25) is 4.79 Å². The molecule has 3 aromatic rings. The van der Waals surface area contributed by atoms with Gasteiger partial charge in [-0.05, 0) is 55.7 Å². The number of hydrogen-bond donors (Lipinski definition) is 2. The molecule has 2 aromatic carbocycles. The summed E-state index contributed by atoms with van der Waals surface area (Å²) in [5, 5.41) is 4.09. The number of fused-ring (bicyclic) bond motifs is 1. The fourth-order valence-electron chi connectivity index (χ4n) is 2.90. The molecule has 4 nitrogen and oxygen atoms in total. The van der Waals surface area contributed by atoms with Crippen LogP contribution in [-0.2, 0) is 6.42 Å². The Kier molecular flexibility index (Phi) is 4.56. The second-order valence-corrected chi connectivity index (χ2v) is 6.03. The number of H-pyrrole nitrogens is 1. The van der Waals surface area contributed by atoms with E-state index in [1.165, 1.54) is 5.56 Å². The molecule has 0 atom stereocenters. The van der Waals surface area contributed by atoms with Crippen molar-refractivity contribution in [2.45, 2.75) is 20.3 Å². The van der Waals surface area contributed by atoms with Crippen LogP contribution < -0.4 is 10.1 Å². The Morgan fingerprint density at radius 2 is 2.00 bits per heavy atom. The first-order valence-electron chi connectivity index (χ1n) is 8.08. The predicted octanol–water partition coefficient (Wildman–Crippen LogP) is 3.77. The van der Waals surface area contributed by atoms with Gasteiger partial charge >= 0.3 is 0 Å². The summed E-state index contributed by atoms with van der Waals surface area (Å²) >= 11 is 0. The van der Waals surface area contributed by atoms with Crippen LogP contribution in [0.2, 0.25) is 0 Å². The molecule has 3 rings (SSSR count). The predicted molar refractivity (Wildman–Crippen MR) is 96.8 cm³/mol. The summed E-state index contributed by atoms with van der Waals surface area (Å²) in [6, 6.07) is 14.1. The molecule has 0 fully saturated rings. The summed E-state index contributed by atoms with van der Waals surface area (Å²) in [6.07, 6.45) is 0.765. The van der Waals surface area contributed by atoms with Crippen LogP contribution in [0.5, 0.6) is 5.75 Å². The first-order chi connectivity index (χ1) is 11.6. The fourth-order valence-corrected chi connectivity index (χ4v) is 2.90. The molecule has 0 radical (unpaired) electrons. The van der Waals surface area contributed by atoms with E-state index in [9.17, 15) is 4.79 Å². The van der Waals surface area contributed by atoms with Gasteiger partial charge in [0.15, 0.2) is 0 Å². The third kappa shape index (κ3) is 3.27. The molecular formula is C20H22N2O2. The number of carbonyl (C=O) groups is 1. The minimum absolute atomic E-state index is 0.0655. The van der Waals surface area contributed by atoms with E-state index in [2.05, 4.69) is 23.3 Å². The molecule has 24 heavy (non-hydrogen) atoms. The summed E-state index contributed by atoms with van der Waals surface area (Å²) < 4.78 is 5.22. The maximum absolute atomic E-state index is 12.5. The molecule has 1 amide bonds. The first-order valence-corrected chi connectivity index (χ1v) is 8.08. The lowest BCUT2D eigenvalue weighted by atomic mass is 10.1. The molecule has 4 heteroatoms. The lowest BCUT2D eigenvalue weighted by Gasteiger charge is -2.06. The van der Waals surface area contributed by atoms with E-state index < -0.39 is 0 Å². The topological polar surface area (TPSA) is 54.1 Å². The number of ether oxygens (including phenoxy) is 1. The van der Waals surface area contributed by atoms with Crippen molar-refractivity contribution in [3.05, 3.63) is 64.8 Å². The fraction of sp³-hybridized carbons (Fsp3) is 0.250. The summed E-state index contributed by atoms with van der Waals surface area (Å²) in [7, 11) is 1.65. The van der Waals surface area contributed by atoms with Gasteiger partial charge in [0.2, 0.25) is 0 Å². The van der Waals surface area contributed by atoms with Crippen LogP contribution in [0.3, 0.4) is 0 Å². The van der Waals surface area contributed by atoms with E-state index in [0.717, 1.165) is 34.2 Å². The van der Waals surface area contributed by atoms with Crippen LogP contribution in [0.1, 0.15) is 27.2 Å². The maximum Gasteiger partial charge on any atom is 0.268 e. The Labute approximate surface area is 141 Å². The van der Waals surface area contributed by atoms with Crippen molar-refractivity contribution in [3.63, 3.8) is 0 Å². The van der Waals surface area contributed by atoms with E-state index in [0.29, 0.717) is 12.2 Å². The molecule has 0 saturated heterocycles. The van der Waals surface area contributed by atoms with Crippen molar-refractivity contribution in [3.8, 4) is 5.75 Å². The van der Waals surface area contributed by atoms with E-state index in [4.69, 9.17) is 4.74 Å². The Bertz CT molecular complexity index is 880. The normalized spacial score (nSPS) is 10.8. The van der Waals surface area contributed by atoms with Gasteiger partial charge in [0.1, 0.15) is 11.4 Å². The van der Waals surface area contributed by atoms with Crippen LogP contribution in [0.15, 0.2) is 42.5 Å². The van der Waals surface area contributed by atoms with Gasteiger partial charge < -0.3 is 15.0 Å². The Hall–Kier alpha value is -2.75. The number of amides is 1. The standard InChI is InChI=1S/C20H22N2O2/c1-13-7-8-18-17(11-13)14(2)19(22-18)20(23)21-10-9-15-5-4-6-16(12-15)24-3/h4-8,11-12,22H,9-10H2,1-3H3,(H,21,23). The van der Waals surface area contributed by atoms with E-state index in [1.54, 1.807) is 7.11 Å². The van der Waals surface area contributed by atoms with Crippen molar-refractivity contribution in [2.24, 2.45) is 0 Å². The van der Waals surface area contributed by atoms with Crippen LogP contribution >= 0.6 is 0 Å². The average Bonchev–Trinajstić information content (AvgIpc) is 2.91. The van der Waals surface area contributed by atoms with Gasteiger partial charge in [0, 0.05) is 17.4 Å². The molecule has 124 valence electrons. The average molecular weight is 322 g/mol. The molecule has 0 aliphatic carbocycles. The minimum atomic E-state index is -0.0655. The van der Waals surface area contributed by atoms with E-state index in [-0.39, 0.29) is 5.91 Å². The summed E-state index contributed by atoms with van der Waals surface area (Å²) in [5.74, 6) is 0.768. The Balaban J connectivity index is 1.68. The van der Waals surface area contributed by atoms with Crippen molar-refractivity contribution >= 4 is 16.8 Å². The van der Waals surface area contributed by atoms with Crippen molar-refractivity contribution < 1.29 is 9.53 Å². The Morgan fingerprint density at radius 3 is 2.79 bits per heavy atom. The highest BCUT2D eigenvalue weighted by atomic mass is 16.5. The number of rotatable bonds is 5. The van der Waals surface area contributed by atoms with Crippen LogP contribution in [0.25, 0.3) is 10.9 Å². The number of nitrogens with one attached hydrogen (secondary N) is 2. The highest BCUT2D eigenvalue weighted by Gasteiger charge is 2.14. The smallest absolute Gasteiger partial charge is 0.268 e. The molecule has 0 spiro atoms. The third-order valence-electron chi connectivity index (χ3n) is 4.27. The summed E-state index contributed by atoms with van der Waals surface area (Å²) in [4.78, 5) is 15.7. The number of carbonyl (C=O) groups excluding carboxylic acids is 1. The van der Waals surface area contributed by atoms with Crippen molar-refractivity contribution in [1.82, 2.24) is 10.3 Å². The van der Waals surface area contributed by atoms with Gasteiger partial charge in [0.05, 0.1) is 7.11 Å². The minimum Gasteiger partial charge on any atom is -0.497 e. The first kappa shape index (κ1) is 16.1. The van der Waals surface area contributed by atoms with Crippen LogP contribution in [0.4, 0.5) is 0 Å². The SMILES string of the molecule is COc1cccc(CCNC(=O)c2[nH]c3ccc(C)cc3c2C)c1. The van der Waals surface area contributed by atoms with E-state index in [1.807, 2.05) is 43.3 Å². The van der Waals surface area contributed by atoms with Gasteiger partial charge in [-0.15, -0.1) is 0 Å². The second kappa shape index (κ2) is 6.79. The number of aryl methyl sites for hydroxylation is 2. The highest BCUT2D eigenvalue weighted by Crippen LogP contribution is 2.22. The lowest BCUT2D eigenvalue weighted by Crippen LogP contribution is -2.26. The largest absolute Gasteiger partial charge is 0.497 e. The number of benzene rings is 2. The molecule has 1 aromatic heterocycles. The second-order valence-electron chi connectivity index (χ2n) is 6.03. The van der Waals surface area contributed by atoms with Gasteiger partial charge in [0.25, 0.3) is 5.91 Å². The summed E-state index contributed by atoms with van der Waals surface area (Å²) in [6.45, 7) is 4.62. The zero-order valence-electron chi connectivity index (χ0n) is 14.3. The van der Waals surface area contributed by atoms with E-state index >= 15 is 0 Å². The molecule has 1 heterocycles. The number of aromatic nitrogens is 1. The quantitative estimate of drug-likeness (QED) is 0.751. The highest BCUT2D eigenvalue weighted by molar-refractivity contribution is 6.01. The van der Waals surface area contributed by atoms with Crippen molar-refractivity contribution in [2.75, 3.05) is 13.7 Å². The molecular weight excluding hydrogens is 300 g/mol. The molecule has 0 unspecified atom stereocenters. The number of methoxy groups -OCH3 is 1. The van der Waals surface area contributed by atoms with Crippen LogP contribution in [-0.4, -0.2) is 24.5 Å². The zero-order chi connectivity index (χ0) is 17.1. The maximum atomic E-state index is 12.5. The summed E-state index contributed by atoms with van der Waals surface area (Å²) in [5.41, 5.74) is 4.96. The Morgan fingerprint density at radius 1 is 1.17 bits per heavy atom. The molecule has 0 bridgehead atoms.